The number of rotatable bonds is 5. The smallest absolute Gasteiger partial charge is 0.279 e. The van der Waals surface area contributed by atoms with Crippen LogP contribution in [0.25, 0.3) is 11.3 Å². The number of thiazole rings is 1. The molecule has 5 rings (SSSR count). The summed E-state index contributed by atoms with van der Waals surface area (Å²) in [6, 6.07) is 13.2. The number of anilines is 2. The van der Waals surface area contributed by atoms with Crippen molar-refractivity contribution in [2.45, 2.75) is 19.9 Å². The summed E-state index contributed by atoms with van der Waals surface area (Å²) >= 11 is 1.42. The summed E-state index contributed by atoms with van der Waals surface area (Å²) in [5.41, 5.74) is 4.14. The summed E-state index contributed by atoms with van der Waals surface area (Å²) in [5, 5.41) is 9.61. The van der Waals surface area contributed by atoms with Crippen LogP contribution in [-0.2, 0) is 9.59 Å². The first-order chi connectivity index (χ1) is 16.5. The van der Waals surface area contributed by atoms with Gasteiger partial charge in [0.2, 0.25) is 4.80 Å². The second-order valence-electron chi connectivity index (χ2n) is 8.13. The van der Waals surface area contributed by atoms with Gasteiger partial charge in [-0.05, 0) is 38.1 Å². The van der Waals surface area contributed by atoms with E-state index >= 15 is 0 Å². The fourth-order valence-corrected chi connectivity index (χ4v) is 4.86. The highest BCUT2D eigenvalue weighted by Gasteiger charge is 2.35. The summed E-state index contributed by atoms with van der Waals surface area (Å²) in [4.78, 5) is 32.2. The van der Waals surface area contributed by atoms with Crippen molar-refractivity contribution in [2.24, 2.45) is 10.1 Å². The van der Waals surface area contributed by atoms with Gasteiger partial charge in [0.05, 0.1) is 23.6 Å². The van der Waals surface area contributed by atoms with Crippen LogP contribution in [0.15, 0.2) is 70.6 Å². The Bertz CT molecular complexity index is 1420. The molecule has 2 amide bonds. The van der Waals surface area contributed by atoms with Crippen molar-refractivity contribution in [3.63, 3.8) is 0 Å². The van der Waals surface area contributed by atoms with Crippen molar-refractivity contribution in [3.8, 4) is 17.0 Å². The van der Waals surface area contributed by atoms with Crippen molar-refractivity contribution in [2.75, 3.05) is 23.4 Å². The van der Waals surface area contributed by atoms with Crippen LogP contribution in [0.1, 0.15) is 19.4 Å². The molecular formula is C25H23N5O3S. The summed E-state index contributed by atoms with van der Waals surface area (Å²) in [7, 11) is 0. The van der Waals surface area contributed by atoms with Crippen molar-refractivity contribution >= 4 is 40.2 Å². The summed E-state index contributed by atoms with van der Waals surface area (Å²) < 4.78 is 7.18. The molecule has 0 unspecified atom stereocenters. The van der Waals surface area contributed by atoms with Crippen molar-refractivity contribution < 1.29 is 14.3 Å². The maximum Gasteiger partial charge on any atom is 0.279 e. The lowest BCUT2D eigenvalue weighted by Gasteiger charge is -2.21. The van der Waals surface area contributed by atoms with Crippen LogP contribution in [0.5, 0.6) is 5.75 Å². The van der Waals surface area contributed by atoms with E-state index in [4.69, 9.17) is 9.84 Å². The van der Waals surface area contributed by atoms with E-state index in [9.17, 15) is 9.59 Å². The first kappa shape index (κ1) is 21.8. The molecule has 1 N–H and O–H groups in total. The van der Waals surface area contributed by atoms with Gasteiger partial charge in [0.15, 0.2) is 12.3 Å². The molecule has 9 heteroatoms. The topological polar surface area (TPSA) is 88.3 Å². The fourth-order valence-electron chi connectivity index (χ4n) is 4.02. The highest BCUT2D eigenvalue weighted by Crippen LogP contribution is 2.34. The molecule has 0 saturated heterocycles. The Balaban J connectivity index is 1.68. The number of nitrogens with zero attached hydrogens (tertiary/aromatic N) is 4. The molecule has 34 heavy (non-hydrogen) atoms. The maximum absolute atomic E-state index is 13.4. The second kappa shape index (κ2) is 8.75. The van der Waals surface area contributed by atoms with E-state index < -0.39 is 0 Å². The van der Waals surface area contributed by atoms with Crippen LogP contribution in [0.4, 0.5) is 11.4 Å². The first-order valence-corrected chi connectivity index (χ1v) is 11.8. The number of hydrogen-bond acceptors (Lipinski definition) is 6. The number of fused-ring (bicyclic) bond motifs is 2. The van der Waals surface area contributed by atoms with E-state index in [0.29, 0.717) is 28.5 Å². The Labute approximate surface area is 200 Å². The van der Waals surface area contributed by atoms with E-state index in [1.54, 1.807) is 15.7 Å². The minimum absolute atomic E-state index is 0.00307. The molecule has 0 aliphatic carbocycles. The van der Waals surface area contributed by atoms with Crippen LogP contribution in [0, 0.1) is 0 Å². The summed E-state index contributed by atoms with van der Waals surface area (Å²) in [6.45, 7) is 8.13. The lowest BCUT2D eigenvalue weighted by Crippen LogP contribution is -2.36. The summed E-state index contributed by atoms with van der Waals surface area (Å²) in [5.74, 6) is 0.258. The molecule has 2 aromatic carbocycles. The molecule has 0 saturated carbocycles. The van der Waals surface area contributed by atoms with Crippen molar-refractivity contribution in [1.29, 1.82) is 0 Å². The van der Waals surface area contributed by atoms with Gasteiger partial charge in [-0.15, -0.1) is 17.9 Å². The van der Waals surface area contributed by atoms with Gasteiger partial charge >= 0.3 is 0 Å². The predicted octanol–water partition coefficient (Wildman–Crippen LogP) is 3.64. The van der Waals surface area contributed by atoms with Crippen LogP contribution in [0.2, 0.25) is 0 Å². The largest absolute Gasteiger partial charge is 0.482 e. The van der Waals surface area contributed by atoms with Gasteiger partial charge in [-0.1, -0.05) is 24.3 Å². The lowest BCUT2D eigenvalue weighted by molar-refractivity contribution is -0.118. The Morgan fingerprint density at radius 2 is 2.06 bits per heavy atom. The third kappa shape index (κ3) is 3.73. The number of carbonyl (C=O) groups is 2. The monoisotopic (exact) mass is 473 g/mol. The Morgan fingerprint density at radius 1 is 1.24 bits per heavy atom. The highest BCUT2D eigenvalue weighted by atomic mass is 32.1. The van der Waals surface area contributed by atoms with Gasteiger partial charge in [-0.25, -0.2) is 4.68 Å². The number of hydrogen-bond donors (Lipinski definition) is 1. The zero-order valence-corrected chi connectivity index (χ0v) is 19.6. The zero-order chi connectivity index (χ0) is 23.8. The fraction of sp³-hybridized carbons (Fsp3) is 0.200. The number of carbonyl (C=O) groups excluding carboxylic acids is 2. The average Bonchev–Trinajstić information content (AvgIpc) is 3.35. The number of nitrogens with one attached hydrogen (secondary N) is 1. The van der Waals surface area contributed by atoms with Gasteiger partial charge in [0.25, 0.3) is 11.8 Å². The van der Waals surface area contributed by atoms with Crippen LogP contribution in [0.3, 0.4) is 0 Å². The van der Waals surface area contributed by atoms with Gasteiger partial charge in [0, 0.05) is 22.5 Å². The summed E-state index contributed by atoms with van der Waals surface area (Å²) in [6.07, 6.45) is 1.71. The molecule has 1 aromatic heterocycles. The molecule has 172 valence electrons. The van der Waals surface area contributed by atoms with Gasteiger partial charge in [-0.3, -0.25) is 14.6 Å². The van der Waals surface area contributed by atoms with Gasteiger partial charge in [0.1, 0.15) is 5.75 Å². The molecule has 2 aliphatic rings. The highest BCUT2D eigenvalue weighted by molar-refractivity contribution is 7.07. The average molecular weight is 474 g/mol. The second-order valence-corrected chi connectivity index (χ2v) is 8.96. The molecule has 3 heterocycles. The zero-order valence-electron chi connectivity index (χ0n) is 18.8. The minimum atomic E-state index is -0.202. The maximum atomic E-state index is 13.4. The lowest BCUT2D eigenvalue weighted by atomic mass is 10.1. The SMILES string of the molecule is C=CCN=c1scc(-c2ccc3c(c2)NC(=O)CO3)n1N=C1C(=O)N(C(C)C)c2ccccc21. The van der Waals surface area contributed by atoms with E-state index in [-0.39, 0.29) is 24.5 Å². The van der Waals surface area contributed by atoms with Gasteiger partial charge in [-0.2, -0.15) is 5.10 Å². The third-order valence-electron chi connectivity index (χ3n) is 5.51. The number of benzene rings is 2. The minimum Gasteiger partial charge on any atom is -0.482 e. The normalized spacial score (nSPS) is 16.5. The number of aromatic nitrogens is 1. The quantitative estimate of drug-likeness (QED) is 0.574. The van der Waals surface area contributed by atoms with Crippen LogP contribution < -0.4 is 19.8 Å². The van der Waals surface area contributed by atoms with E-state index in [1.807, 2.05) is 61.7 Å². The molecule has 0 spiro atoms. The molecule has 2 aliphatic heterocycles. The molecule has 0 fully saturated rings. The van der Waals surface area contributed by atoms with Crippen LogP contribution in [-0.4, -0.2) is 41.4 Å². The molecular weight excluding hydrogens is 450 g/mol. The molecule has 3 aromatic rings. The number of amides is 2. The van der Waals surface area contributed by atoms with Crippen molar-refractivity contribution in [3.05, 3.63) is 70.9 Å². The first-order valence-electron chi connectivity index (χ1n) is 10.9. The van der Waals surface area contributed by atoms with Crippen molar-refractivity contribution in [1.82, 2.24) is 4.68 Å². The van der Waals surface area contributed by atoms with E-state index in [1.165, 1.54) is 11.3 Å². The molecule has 0 radical (unpaired) electrons. The number of ether oxygens (including phenoxy) is 1. The Morgan fingerprint density at radius 3 is 2.85 bits per heavy atom. The van der Waals surface area contributed by atoms with Gasteiger partial charge < -0.3 is 15.0 Å². The van der Waals surface area contributed by atoms with E-state index in [0.717, 1.165) is 22.5 Å². The predicted molar refractivity (Wildman–Crippen MR) is 133 cm³/mol. The van der Waals surface area contributed by atoms with Crippen LogP contribution >= 0.6 is 11.3 Å². The standard InChI is InChI=1S/C25H23N5O3S/c1-4-11-26-25-30(28-23-17-7-5-6-8-19(17)29(15(2)3)24(23)32)20(14-34-25)16-9-10-21-18(12-16)27-22(31)13-33-21/h4-10,12,14-15H,1,11,13H2,2-3H3,(H,27,31). The molecule has 8 nitrogen and oxygen atoms in total. The Hall–Kier alpha value is -3.98. The number of para-hydroxylation sites is 1. The Kier molecular flexibility index (Phi) is 5.62. The van der Waals surface area contributed by atoms with E-state index in [2.05, 4.69) is 16.9 Å². The molecule has 0 atom stereocenters. The third-order valence-corrected chi connectivity index (χ3v) is 6.36. The molecule has 0 bridgehead atoms.